The van der Waals surface area contributed by atoms with E-state index in [1.165, 1.54) is 12.5 Å². The molecule has 0 bridgehead atoms. The molecule has 2 aliphatic heterocycles. The number of carbonyl (C=O) groups excluding carboxylic acids is 2. The van der Waals surface area contributed by atoms with Gasteiger partial charge in [0.1, 0.15) is 12.2 Å². The Labute approximate surface area is 208 Å². The van der Waals surface area contributed by atoms with Crippen LogP contribution in [0.2, 0.25) is 0 Å². The first kappa shape index (κ1) is 25.3. The molecule has 0 spiro atoms. The van der Waals surface area contributed by atoms with Crippen molar-refractivity contribution in [2.75, 3.05) is 5.75 Å². The highest BCUT2D eigenvalue weighted by molar-refractivity contribution is 7.99. The van der Waals surface area contributed by atoms with Crippen molar-refractivity contribution in [1.29, 1.82) is 0 Å². The van der Waals surface area contributed by atoms with E-state index in [1.54, 1.807) is 11.8 Å². The molecule has 34 heavy (non-hydrogen) atoms. The number of allylic oxidation sites excluding steroid dienone is 2. The first-order valence-corrected chi connectivity index (χ1v) is 13.6. The monoisotopic (exact) mass is 486 g/mol. The minimum Gasteiger partial charge on any atom is -0.458 e. The van der Waals surface area contributed by atoms with Gasteiger partial charge in [-0.15, -0.1) is 11.8 Å². The predicted molar refractivity (Wildman–Crippen MR) is 133 cm³/mol. The Kier molecular flexibility index (Phi) is 8.08. The summed E-state index contributed by atoms with van der Waals surface area (Å²) in [6.45, 7) is 7.93. The summed E-state index contributed by atoms with van der Waals surface area (Å²) in [7, 11) is 0. The normalized spacial score (nSPS) is 37.9. The highest BCUT2D eigenvalue weighted by Crippen LogP contribution is 2.49. The average Bonchev–Trinajstić information content (AvgIpc) is 3.32. The number of benzene rings is 1. The molecule has 1 aromatic rings. The third-order valence-electron chi connectivity index (χ3n) is 7.74. The second kappa shape index (κ2) is 10.9. The van der Waals surface area contributed by atoms with Crippen LogP contribution in [0.1, 0.15) is 66.2 Å². The van der Waals surface area contributed by atoms with Gasteiger partial charge >= 0.3 is 11.9 Å². The number of thioether (sulfide) groups is 1. The van der Waals surface area contributed by atoms with Crippen LogP contribution >= 0.6 is 11.8 Å². The number of ether oxygens (including phenoxy) is 3. The fourth-order valence-electron chi connectivity index (χ4n) is 5.54. The van der Waals surface area contributed by atoms with E-state index in [4.69, 9.17) is 14.2 Å². The second-order valence-electron chi connectivity index (χ2n) is 10.5. The maximum absolute atomic E-state index is 13.2. The van der Waals surface area contributed by atoms with E-state index in [1.807, 2.05) is 18.2 Å². The Morgan fingerprint density at radius 3 is 2.76 bits per heavy atom. The minimum absolute atomic E-state index is 0.0393. The zero-order chi connectivity index (χ0) is 24.3. The third kappa shape index (κ3) is 6.06. The van der Waals surface area contributed by atoms with Gasteiger partial charge in [0, 0.05) is 23.5 Å². The lowest BCUT2D eigenvalue weighted by Crippen LogP contribution is -2.41. The van der Waals surface area contributed by atoms with Crippen LogP contribution < -0.4 is 0 Å². The summed E-state index contributed by atoms with van der Waals surface area (Å²) < 4.78 is 18.1. The summed E-state index contributed by atoms with van der Waals surface area (Å²) in [4.78, 5) is 26.4. The van der Waals surface area contributed by atoms with Crippen LogP contribution in [0.25, 0.3) is 0 Å². The highest BCUT2D eigenvalue weighted by atomic mass is 32.2. The van der Waals surface area contributed by atoms with Crippen LogP contribution in [0, 0.1) is 17.8 Å². The number of esters is 2. The van der Waals surface area contributed by atoms with E-state index in [0.717, 1.165) is 43.4 Å². The Balaban J connectivity index is 1.59. The summed E-state index contributed by atoms with van der Waals surface area (Å²) in [6.07, 6.45) is 7.30. The third-order valence-corrected chi connectivity index (χ3v) is 8.87. The molecule has 0 radical (unpaired) electrons. The smallest absolute Gasteiger partial charge is 0.310 e. The molecule has 2 saturated heterocycles. The van der Waals surface area contributed by atoms with E-state index in [9.17, 15) is 9.59 Å². The van der Waals surface area contributed by atoms with Crippen molar-refractivity contribution in [3.63, 3.8) is 0 Å². The van der Waals surface area contributed by atoms with Gasteiger partial charge in [-0.25, -0.2) is 0 Å². The summed E-state index contributed by atoms with van der Waals surface area (Å²) in [5.41, 5.74) is 1.24. The average molecular weight is 487 g/mol. The molecule has 186 valence electrons. The second-order valence-corrected chi connectivity index (χ2v) is 11.6. The number of fused-ring (bicyclic) bond motifs is 2. The van der Waals surface area contributed by atoms with Crippen molar-refractivity contribution >= 4 is 23.7 Å². The number of epoxide rings is 1. The molecule has 7 atom stereocenters. The summed E-state index contributed by atoms with van der Waals surface area (Å²) in [6, 6.07) is 10.1. The fraction of sp³-hybridized carbons (Fsp3) is 0.643. The standard InChI is InChI=1S/C28H38O5S/c1-18-10-8-12-19(2)25(31-20(3)29)26-22(16-24-28(4,33-24)15-9-11-18)23(27(30)32-26)17-34-21-13-6-5-7-14-21/h5-7,11,13-14,19,22-26H,8-10,12,15-17H2,1-4H3/b18-11+/t19-,22-,23?,24+,25+,26+,28+/m0/s1. The van der Waals surface area contributed by atoms with Crippen molar-refractivity contribution in [2.45, 2.75) is 95.0 Å². The maximum atomic E-state index is 13.2. The van der Waals surface area contributed by atoms with E-state index in [-0.39, 0.29) is 41.4 Å². The first-order chi connectivity index (χ1) is 16.3. The van der Waals surface area contributed by atoms with E-state index in [0.29, 0.717) is 5.75 Å². The first-order valence-electron chi connectivity index (χ1n) is 12.7. The number of hydrogen-bond acceptors (Lipinski definition) is 6. The van der Waals surface area contributed by atoms with Gasteiger partial charge in [0.15, 0.2) is 0 Å². The molecule has 0 N–H and O–H groups in total. The molecule has 1 aromatic carbocycles. The lowest BCUT2D eigenvalue weighted by Gasteiger charge is -2.32. The van der Waals surface area contributed by atoms with Gasteiger partial charge in [0.2, 0.25) is 0 Å². The van der Waals surface area contributed by atoms with Crippen LogP contribution in [0.5, 0.6) is 0 Å². The summed E-state index contributed by atoms with van der Waals surface area (Å²) in [5.74, 6) is -0.0276. The summed E-state index contributed by atoms with van der Waals surface area (Å²) in [5, 5.41) is 0. The van der Waals surface area contributed by atoms with Crippen molar-refractivity contribution in [2.24, 2.45) is 17.8 Å². The largest absolute Gasteiger partial charge is 0.458 e. The molecule has 4 rings (SSSR count). The molecule has 1 unspecified atom stereocenters. The molecular weight excluding hydrogens is 448 g/mol. The van der Waals surface area contributed by atoms with E-state index < -0.39 is 12.2 Å². The predicted octanol–water partition coefficient (Wildman–Crippen LogP) is 5.96. The number of carbonyl (C=O) groups is 2. The molecule has 2 heterocycles. The molecule has 0 aromatic heterocycles. The van der Waals surface area contributed by atoms with Crippen molar-refractivity contribution < 1.29 is 23.8 Å². The Morgan fingerprint density at radius 2 is 2.03 bits per heavy atom. The van der Waals surface area contributed by atoms with Gasteiger partial charge in [0.05, 0.1) is 17.6 Å². The lowest BCUT2D eigenvalue weighted by atomic mass is 9.79. The van der Waals surface area contributed by atoms with Gasteiger partial charge in [0.25, 0.3) is 0 Å². The number of hydrogen-bond donors (Lipinski definition) is 0. The van der Waals surface area contributed by atoms with Crippen molar-refractivity contribution in [1.82, 2.24) is 0 Å². The quantitative estimate of drug-likeness (QED) is 0.226. The molecular formula is C28H38O5S. The Morgan fingerprint density at radius 1 is 1.26 bits per heavy atom. The lowest BCUT2D eigenvalue weighted by molar-refractivity contribution is -0.165. The van der Waals surface area contributed by atoms with Gasteiger partial charge < -0.3 is 14.2 Å². The molecule has 5 nitrogen and oxygen atoms in total. The zero-order valence-electron chi connectivity index (χ0n) is 20.8. The van der Waals surface area contributed by atoms with Gasteiger partial charge in [-0.05, 0) is 70.4 Å². The van der Waals surface area contributed by atoms with E-state index in [2.05, 4.69) is 39.0 Å². The van der Waals surface area contributed by atoms with Crippen molar-refractivity contribution in [3.8, 4) is 0 Å². The van der Waals surface area contributed by atoms with Gasteiger partial charge in [-0.1, -0.05) is 36.8 Å². The fourth-order valence-corrected chi connectivity index (χ4v) is 6.65. The number of rotatable bonds is 4. The summed E-state index contributed by atoms with van der Waals surface area (Å²) >= 11 is 1.68. The zero-order valence-corrected chi connectivity index (χ0v) is 21.6. The topological polar surface area (TPSA) is 65.1 Å². The van der Waals surface area contributed by atoms with Gasteiger partial charge in [-0.3, -0.25) is 9.59 Å². The molecule has 1 aliphatic carbocycles. The Bertz CT molecular complexity index is 899. The molecule has 6 heteroatoms. The SMILES string of the molecule is CC(=O)O[C@H]1[C@@H]2OC(=O)C(CSc3ccccc3)[C@@H]2C[C@H]2O[C@]2(C)CC/C=C(\C)CCC[C@@H]1C. The molecule has 0 amide bonds. The minimum atomic E-state index is -0.435. The van der Waals surface area contributed by atoms with Gasteiger partial charge in [-0.2, -0.15) is 0 Å². The Hall–Kier alpha value is -1.79. The van der Waals surface area contributed by atoms with Crippen LogP contribution in [0.4, 0.5) is 0 Å². The van der Waals surface area contributed by atoms with Crippen LogP contribution in [-0.4, -0.2) is 41.6 Å². The van der Waals surface area contributed by atoms with Crippen molar-refractivity contribution in [3.05, 3.63) is 42.0 Å². The molecule has 3 aliphatic rings. The molecule has 0 saturated carbocycles. The molecule has 2 fully saturated rings. The van der Waals surface area contributed by atoms with Crippen LogP contribution in [0.15, 0.2) is 46.9 Å². The van der Waals surface area contributed by atoms with Crippen LogP contribution in [-0.2, 0) is 23.8 Å². The van der Waals surface area contributed by atoms with E-state index >= 15 is 0 Å². The van der Waals surface area contributed by atoms with Crippen LogP contribution in [0.3, 0.4) is 0 Å². The highest BCUT2D eigenvalue weighted by Gasteiger charge is 2.57. The maximum Gasteiger partial charge on any atom is 0.310 e.